The lowest BCUT2D eigenvalue weighted by Gasteiger charge is -2.08. The van der Waals surface area contributed by atoms with Crippen LogP contribution in [-0.4, -0.2) is 6.61 Å². The molecule has 0 saturated carbocycles. The van der Waals surface area contributed by atoms with Crippen LogP contribution >= 0.6 is 11.6 Å². The molecule has 2 N–H and O–H groups in total. The normalized spacial score (nSPS) is 10.4. The van der Waals surface area contributed by atoms with Crippen LogP contribution in [0.1, 0.15) is 17.5 Å². The molecule has 2 aromatic rings. The second kappa shape index (κ2) is 6.48. The lowest BCUT2D eigenvalue weighted by Crippen LogP contribution is -1.99. The van der Waals surface area contributed by atoms with Crippen LogP contribution in [0.2, 0.25) is 5.02 Å². The number of rotatable bonds is 5. The first kappa shape index (κ1) is 13.8. The predicted octanol–water partition coefficient (Wildman–Crippen LogP) is 4.24. The number of nitrogens with two attached hydrogens (primary N) is 1. The van der Waals surface area contributed by atoms with Gasteiger partial charge in [-0.3, -0.25) is 0 Å². The first-order chi connectivity index (χ1) is 9.15. The van der Waals surface area contributed by atoms with Gasteiger partial charge in [0.2, 0.25) is 0 Å². The summed E-state index contributed by atoms with van der Waals surface area (Å²) < 4.78 is 5.70. The van der Waals surface area contributed by atoms with Crippen LogP contribution in [-0.2, 0) is 6.42 Å². The fourth-order valence-corrected chi connectivity index (χ4v) is 1.98. The second-order valence-corrected chi connectivity index (χ2v) is 5.01. The fourth-order valence-electron chi connectivity index (χ4n) is 1.86. The molecule has 2 aromatic carbocycles. The molecule has 0 aliphatic rings. The molecule has 0 aliphatic carbocycles. The van der Waals surface area contributed by atoms with E-state index in [4.69, 9.17) is 22.1 Å². The molecule has 0 bridgehead atoms. The van der Waals surface area contributed by atoms with Gasteiger partial charge in [-0.2, -0.15) is 0 Å². The van der Waals surface area contributed by atoms with Crippen molar-refractivity contribution in [2.24, 2.45) is 0 Å². The van der Waals surface area contributed by atoms with Crippen molar-refractivity contribution in [3.63, 3.8) is 0 Å². The SMILES string of the molecule is Cc1cc(OCCCc2ccc(N)cc2)ccc1Cl. The third kappa shape index (κ3) is 4.18. The minimum atomic E-state index is 0.700. The van der Waals surface area contributed by atoms with Crippen LogP contribution in [0.25, 0.3) is 0 Å². The van der Waals surface area contributed by atoms with Gasteiger partial charge in [0.25, 0.3) is 0 Å². The van der Waals surface area contributed by atoms with Crippen molar-refractivity contribution >= 4 is 17.3 Å². The lowest BCUT2D eigenvalue weighted by atomic mass is 10.1. The summed E-state index contributed by atoms with van der Waals surface area (Å²) in [5.74, 6) is 0.874. The molecule has 0 aliphatic heterocycles. The number of anilines is 1. The van der Waals surface area contributed by atoms with Gasteiger partial charge < -0.3 is 10.5 Å². The van der Waals surface area contributed by atoms with Gasteiger partial charge in [-0.15, -0.1) is 0 Å². The van der Waals surface area contributed by atoms with E-state index in [2.05, 4.69) is 12.1 Å². The van der Waals surface area contributed by atoms with Gasteiger partial charge in [0.05, 0.1) is 6.61 Å². The molecule has 0 spiro atoms. The van der Waals surface area contributed by atoms with E-state index in [1.54, 1.807) is 0 Å². The third-order valence-corrected chi connectivity index (χ3v) is 3.41. The molecule has 0 fully saturated rings. The maximum Gasteiger partial charge on any atom is 0.119 e. The Labute approximate surface area is 119 Å². The molecule has 19 heavy (non-hydrogen) atoms. The number of nitrogen functional groups attached to an aromatic ring is 1. The van der Waals surface area contributed by atoms with Crippen LogP contribution < -0.4 is 10.5 Å². The quantitative estimate of drug-likeness (QED) is 0.654. The van der Waals surface area contributed by atoms with Crippen molar-refractivity contribution < 1.29 is 4.74 Å². The Bertz CT molecular complexity index is 537. The molecular formula is C16H18ClNO. The van der Waals surface area contributed by atoms with Gasteiger partial charge in [-0.1, -0.05) is 23.7 Å². The van der Waals surface area contributed by atoms with Crippen LogP contribution in [0.15, 0.2) is 42.5 Å². The highest BCUT2D eigenvalue weighted by Gasteiger charge is 1.99. The summed E-state index contributed by atoms with van der Waals surface area (Å²) in [5, 5.41) is 0.772. The zero-order valence-electron chi connectivity index (χ0n) is 11.0. The van der Waals surface area contributed by atoms with Crippen molar-refractivity contribution in [2.45, 2.75) is 19.8 Å². The summed E-state index contributed by atoms with van der Waals surface area (Å²) in [6, 6.07) is 13.7. The van der Waals surface area contributed by atoms with E-state index >= 15 is 0 Å². The van der Waals surface area contributed by atoms with Crippen molar-refractivity contribution in [1.82, 2.24) is 0 Å². The van der Waals surface area contributed by atoms with E-state index in [1.165, 1.54) is 5.56 Å². The molecule has 2 nitrogen and oxygen atoms in total. The molecule has 0 unspecified atom stereocenters. The molecule has 0 amide bonds. The van der Waals surface area contributed by atoms with Crippen molar-refractivity contribution in [3.8, 4) is 5.75 Å². The highest BCUT2D eigenvalue weighted by Crippen LogP contribution is 2.21. The first-order valence-corrected chi connectivity index (χ1v) is 6.76. The smallest absolute Gasteiger partial charge is 0.119 e. The Morgan fingerprint density at radius 1 is 1.11 bits per heavy atom. The number of halogens is 1. The molecule has 2 rings (SSSR count). The highest BCUT2D eigenvalue weighted by atomic mass is 35.5. The largest absolute Gasteiger partial charge is 0.494 e. The predicted molar refractivity (Wildman–Crippen MR) is 80.9 cm³/mol. The van der Waals surface area contributed by atoms with Gasteiger partial charge in [-0.25, -0.2) is 0 Å². The molecule has 3 heteroatoms. The lowest BCUT2D eigenvalue weighted by molar-refractivity contribution is 0.311. The zero-order valence-corrected chi connectivity index (χ0v) is 11.8. The molecule has 0 atom stereocenters. The Morgan fingerprint density at radius 2 is 1.84 bits per heavy atom. The fraction of sp³-hybridized carbons (Fsp3) is 0.250. The number of ether oxygens (including phenoxy) is 1. The topological polar surface area (TPSA) is 35.2 Å². The first-order valence-electron chi connectivity index (χ1n) is 6.38. The number of hydrogen-bond donors (Lipinski definition) is 1. The summed E-state index contributed by atoms with van der Waals surface area (Å²) in [7, 11) is 0. The van der Waals surface area contributed by atoms with Crippen molar-refractivity contribution in [1.29, 1.82) is 0 Å². The molecule has 0 aromatic heterocycles. The summed E-state index contributed by atoms with van der Waals surface area (Å²) in [6.07, 6.45) is 1.97. The average Bonchev–Trinajstić information content (AvgIpc) is 2.41. The van der Waals surface area contributed by atoms with Crippen LogP contribution in [0.4, 0.5) is 5.69 Å². The van der Waals surface area contributed by atoms with E-state index in [9.17, 15) is 0 Å². The maximum absolute atomic E-state index is 5.97. The van der Waals surface area contributed by atoms with E-state index in [-0.39, 0.29) is 0 Å². The van der Waals surface area contributed by atoms with Crippen LogP contribution in [0, 0.1) is 6.92 Å². The van der Waals surface area contributed by atoms with Gasteiger partial charge >= 0.3 is 0 Å². The zero-order chi connectivity index (χ0) is 13.7. The van der Waals surface area contributed by atoms with Crippen molar-refractivity contribution in [3.05, 3.63) is 58.6 Å². The Kier molecular flexibility index (Phi) is 4.69. The molecule has 0 radical (unpaired) electrons. The van der Waals surface area contributed by atoms with Gasteiger partial charge in [0.1, 0.15) is 5.75 Å². The van der Waals surface area contributed by atoms with E-state index in [1.807, 2.05) is 37.3 Å². The summed E-state index contributed by atoms with van der Waals surface area (Å²) in [4.78, 5) is 0. The highest BCUT2D eigenvalue weighted by molar-refractivity contribution is 6.31. The summed E-state index contributed by atoms with van der Waals surface area (Å²) >= 11 is 5.97. The summed E-state index contributed by atoms with van der Waals surface area (Å²) in [5.41, 5.74) is 8.77. The van der Waals surface area contributed by atoms with Crippen LogP contribution in [0.3, 0.4) is 0 Å². The van der Waals surface area contributed by atoms with Gasteiger partial charge in [0.15, 0.2) is 0 Å². The minimum Gasteiger partial charge on any atom is -0.494 e. The maximum atomic E-state index is 5.97. The van der Waals surface area contributed by atoms with Gasteiger partial charge in [-0.05, 0) is 61.2 Å². The van der Waals surface area contributed by atoms with Crippen molar-refractivity contribution in [2.75, 3.05) is 12.3 Å². The molecule has 0 saturated heterocycles. The van der Waals surface area contributed by atoms with E-state index < -0.39 is 0 Å². The summed E-state index contributed by atoms with van der Waals surface area (Å²) in [6.45, 7) is 2.68. The Balaban J connectivity index is 1.77. The third-order valence-electron chi connectivity index (χ3n) is 2.99. The monoisotopic (exact) mass is 275 g/mol. The van der Waals surface area contributed by atoms with E-state index in [0.29, 0.717) is 6.61 Å². The average molecular weight is 276 g/mol. The van der Waals surface area contributed by atoms with Gasteiger partial charge in [0, 0.05) is 10.7 Å². The van der Waals surface area contributed by atoms with E-state index in [0.717, 1.165) is 34.9 Å². The number of aryl methyl sites for hydroxylation is 2. The number of hydrogen-bond acceptors (Lipinski definition) is 2. The Morgan fingerprint density at radius 3 is 2.53 bits per heavy atom. The molecule has 100 valence electrons. The Hall–Kier alpha value is -1.67. The molecular weight excluding hydrogens is 258 g/mol. The van der Waals surface area contributed by atoms with Crippen LogP contribution in [0.5, 0.6) is 5.75 Å². The standard InChI is InChI=1S/C16H18ClNO/c1-12-11-15(8-9-16(12)17)19-10-2-3-13-4-6-14(18)7-5-13/h4-9,11H,2-3,10,18H2,1H3. The second-order valence-electron chi connectivity index (χ2n) is 4.60. The number of benzene rings is 2. The minimum absolute atomic E-state index is 0.700. The molecule has 0 heterocycles.